The third-order valence-electron chi connectivity index (χ3n) is 4.25. The van der Waals surface area contributed by atoms with Gasteiger partial charge < -0.3 is 24.9 Å². The zero-order chi connectivity index (χ0) is 18.5. The van der Waals surface area contributed by atoms with Gasteiger partial charge in [0.1, 0.15) is 11.3 Å². The van der Waals surface area contributed by atoms with Gasteiger partial charge in [-0.15, -0.1) is 0 Å². The monoisotopic (exact) mass is 353 g/mol. The minimum absolute atomic E-state index is 0.361. The maximum absolute atomic E-state index is 5.98. The molecule has 0 aliphatic rings. The van der Waals surface area contributed by atoms with Gasteiger partial charge in [-0.25, -0.2) is 4.99 Å². The molecule has 0 atom stereocenters. The van der Waals surface area contributed by atoms with E-state index in [0.717, 1.165) is 27.9 Å². The van der Waals surface area contributed by atoms with Gasteiger partial charge in [-0.1, -0.05) is 24.3 Å². The molecule has 6 nitrogen and oxygen atoms in total. The molecule has 26 heavy (non-hydrogen) atoms. The van der Waals surface area contributed by atoms with Crippen LogP contribution in [0.4, 0.5) is 0 Å². The fourth-order valence-corrected chi connectivity index (χ4v) is 2.78. The Bertz CT molecular complexity index is 931. The van der Waals surface area contributed by atoms with E-state index < -0.39 is 0 Å². The highest BCUT2D eigenvalue weighted by Gasteiger charge is 2.09. The molecule has 0 radical (unpaired) electrons. The molecule has 136 valence electrons. The summed E-state index contributed by atoms with van der Waals surface area (Å²) in [5, 5.41) is 4.22. The van der Waals surface area contributed by atoms with Crippen LogP contribution in [0.3, 0.4) is 0 Å². The highest BCUT2D eigenvalue weighted by atomic mass is 16.5. The first-order valence-corrected chi connectivity index (χ1v) is 8.34. The number of furan rings is 1. The number of benzene rings is 2. The standard InChI is InChI=1S/C20H23N3O3/c1-13-15-6-4-5-7-16(15)26-19(13)12-23-20(21)22-11-14-8-9-17(24-2)18(10-14)25-3/h4-10H,11-12H2,1-3H3,(H3,21,22,23). The number of nitrogens with two attached hydrogens (primary N) is 1. The number of hydrogen-bond donors (Lipinski definition) is 2. The minimum atomic E-state index is 0.361. The van der Waals surface area contributed by atoms with E-state index in [4.69, 9.17) is 19.6 Å². The van der Waals surface area contributed by atoms with Crippen LogP contribution in [0, 0.1) is 6.92 Å². The summed E-state index contributed by atoms with van der Waals surface area (Å²) in [7, 11) is 3.22. The van der Waals surface area contributed by atoms with Crippen molar-refractivity contribution in [3.63, 3.8) is 0 Å². The highest BCUT2D eigenvalue weighted by Crippen LogP contribution is 2.28. The molecule has 0 spiro atoms. The average molecular weight is 353 g/mol. The molecule has 1 aromatic heterocycles. The van der Waals surface area contributed by atoms with Crippen LogP contribution < -0.4 is 20.5 Å². The number of rotatable bonds is 6. The fourth-order valence-electron chi connectivity index (χ4n) is 2.78. The van der Waals surface area contributed by atoms with Gasteiger partial charge in [0.25, 0.3) is 0 Å². The van der Waals surface area contributed by atoms with Crippen molar-refractivity contribution in [2.24, 2.45) is 10.7 Å². The van der Waals surface area contributed by atoms with Crippen molar-refractivity contribution in [2.45, 2.75) is 20.0 Å². The van der Waals surface area contributed by atoms with Crippen molar-refractivity contribution in [3.8, 4) is 11.5 Å². The molecule has 0 unspecified atom stereocenters. The van der Waals surface area contributed by atoms with Gasteiger partial charge in [-0.3, -0.25) is 0 Å². The first kappa shape index (κ1) is 17.7. The molecule has 2 aromatic carbocycles. The molecule has 0 saturated carbocycles. The van der Waals surface area contributed by atoms with Crippen LogP contribution in [0.2, 0.25) is 0 Å². The van der Waals surface area contributed by atoms with Crippen molar-refractivity contribution in [1.82, 2.24) is 5.32 Å². The van der Waals surface area contributed by atoms with Crippen molar-refractivity contribution in [2.75, 3.05) is 14.2 Å². The maximum atomic E-state index is 5.98. The van der Waals surface area contributed by atoms with Gasteiger partial charge in [0.05, 0.1) is 27.3 Å². The number of aryl methyl sites for hydroxylation is 1. The minimum Gasteiger partial charge on any atom is -0.493 e. The molecule has 0 aliphatic carbocycles. The molecule has 3 aromatic rings. The Morgan fingerprint density at radius 1 is 1.12 bits per heavy atom. The van der Waals surface area contributed by atoms with Crippen LogP contribution in [0.1, 0.15) is 16.9 Å². The number of fused-ring (bicyclic) bond motifs is 1. The summed E-state index contributed by atoms with van der Waals surface area (Å²) in [6.45, 7) is 2.97. The Hall–Kier alpha value is -3.15. The second-order valence-electron chi connectivity index (χ2n) is 5.89. The lowest BCUT2D eigenvalue weighted by Gasteiger charge is -2.09. The molecule has 3 rings (SSSR count). The predicted molar refractivity (Wildman–Crippen MR) is 103 cm³/mol. The number of methoxy groups -OCH3 is 2. The Kier molecular flexibility index (Phi) is 5.31. The summed E-state index contributed by atoms with van der Waals surface area (Å²) in [5.41, 5.74) is 8.95. The van der Waals surface area contributed by atoms with Crippen LogP contribution >= 0.6 is 0 Å². The van der Waals surface area contributed by atoms with E-state index in [1.807, 2.05) is 49.4 Å². The number of guanidine groups is 1. The number of para-hydroxylation sites is 1. The molecule has 0 fully saturated rings. The number of hydrogen-bond acceptors (Lipinski definition) is 4. The normalized spacial score (nSPS) is 11.6. The first-order chi connectivity index (χ1) is 12.6. The molecule has 6 heteroatoms. The molecule has 0 amide bonds. The van der Waals surface area contributed by atoms with Crippen molar-refractivity contribution < 1.29 is 13.9 Å². The molecule has 3 N–H and O–H groups in total. The summed E-state index contributed by atoms with van der Waals surface area (Å²) in [4.78, 5) is 4.37. The van der Waals surface area contributed by atoms with E-state index in [2.05, 4.69) is 10.3 Å². The SMILES string of the molecule is COc1ccc(CN=C(N)NCc2oc3ccccc3c2C)cc1OC. The average Bonchev–Trinajstić information content (AvgIpc) is 3.00. The van der Waals surface area contributed by atoms with E-state index in [9.17, 15) is 0 Å². The second-order valence-corrected chi connectivity index (χ2v) is 5.89. The quantitative estimate of drug-likeness (QED) is 0.524. The molecule has 1 heterocycles. The Morgan fingerprint density at radius 3 is 2.62 bits per heavy atom. The number of ether oxygens (including phenoxy) is 2. The van der Waals surface area contributed by atoms with Gasteiger partial charge in [0.2, 0.25) is 0 Å². The van der Waals surface area contributed by atoms with Gasteiger partial charge >= 0.3 is 0 Å². The second kappa shape index (κ2) is 7.82. The number of nitrogens with one attached hydrogen (secondary N) is 1. The third kappa shape index (κ3) is 3.74. The largest absolute Gasteiger partial charge is 0.493 e. The Morgan fingerprint density at radius 2 is 1.88 bits per heavy atom. The zero-order valence-corrected chi connectivity index (χ0v) is 15.2. The smallest absolute Gasteiger partial charge is 0.189 e. The van der Waals surface area contributed by atoms with E-state index in [1.165, 1.54) is 0 Å². The Labute approximate surface area is 152 Å². The summed E-state index contributed by atoms with van der Waals surface area (Å²) >= 11 is 0. The van der Waals surface area contributed by atoms with Gasteiger partial charge in [-0.2, -0.15) is 0 Å². The van der Waals surface area contributed by atoms with E-state index >= 15 is 0 Å². The maximum Gasteiger partial charge on any atom is 0.189 e. The van der Waals surface area contributed by atoms with E-state index in [-0.39, 0.29) is 0 Å². The summed E-state index contributed by atoms with van der Waals surface area (Å²) < 4.78 is 16.4. The predicted octanol–water partition coefficient (Wildman–Crippen LogP) is 3.36. The fraction of sp³-hybridized carbons (Fsp3) is 0.250. The molecule has 0 saturated heterocycles. The van der Waals surface area contributed by atoms with Gasteiger partial charge in [0, 0.05) is 10.9 Å². The van der Waals surface area contributed by atoms with E-state index in [1.54, 1.807) is 14.2 Å². The van der Waals surface area contributed by atoms with Crippen LogP contribution in [-0.4, -0.2) is 20.2 Å². The van der Waals surface area contributed by atoms with Crippen molar-refractivity contribution >= 4 is 16.9 Å². The topological polar surface area (TPSA) is 82.0 Å². The summed E-state index contributed by atoms with van der Waals surface area (Å²) in [5.74, 6) is 2.58. The highest BCUT2D eigenvalue weighted by molar-refractivity contribution is 5.82. The van der Waals surface area contributed by atoms with E-state index in [0.29, 0.717) is 30.5 Å². The number of aliphatic imine (C=N–C) groups is 1. The van der Waals surface area contributed by atoms with Crippen LogP contribution in [0.25, 0.3) is 11.0 Å². The van der Waals surface area contributed by atoms with Gasteiger partial charge in [0.15, 0.2) is 17.5 Å². The summed E-state index contributed by atoms with van der Waals surface area (Å²) in [6.07, 6.45) is 0. The van der Waals surface area contributed by atoms with Crippen LogP contribution in [0.5, 0.6) is 11.5 Å². The molecule has 0 bridgehead atoms. The van der Waals surface area contributed by atoms with Crippen LogP contribution in [-0.2, 0) is 13.1 Å². The van der Waals surface area contributed by atoms with Gasteiger partial charge in [-0.05, 0) is 30.7 Å². The van der Waals surface area contributed by atoms with Crippen LogP contribution in [0.15, 0.2) is 51.9 Å². The van der Waals surface area contributed by atoms with Crippen molar-refractivity contribution in [3.05, 3.63) is 59.4 Å². The number of nitrogens with zero attached hydrogens (tertiary/aromatic N) is 1. The molecular formula is C20H23N3O3. The molecular weight excluding hydrogens is 330 g/mol. The van der Waals surface area contributed by atoms with Crippen molar-refractivity contribution in [1.29, 1.82) is 0 Å². The Balaban J connectivity index is 1.64. The first-order valence-electron chi connectivity index (χ1n) is 8.34. The lowest BCUT2D eigenvalue weighted by atomic mass is 10.1. The lowest BCUT2D eigenvalue weighted by molar-refractivity contribution is 0.354. The molecule has 0 aliphatic heterocycles. The zero-order valence-electron chi connectivity index (χ0n) is 15.2. The third-order valence-corrected chi connectivity index (χ3v) is 4.25. The lowest BCUT2D eigenvalue weighted by Crippen LogP contribution is -2.31. The summed E-state index contributed by atoms with van der Waals surface area (Å²) in [6, 6.07) is 13.6.